The smallest absolute Gasteiger partial charge is 0.130 e. The molecule has 0 unspecified atom stereocenters. The van der Waals surface area contributed by atoms with Gasteiger partial charge in [-0.2, -0.15) is 0 Å². The predicted octanol–water partition coefficient (Wildman–Crippen LogP) is 4.22. The molecule has 0 spiro atoms. The molecule has 0 bridgehead atoms. The Morgan fingerprint density at radius 2 is 2.17 bits per heavy atom. The largest absolute Gasteiger partial charge is 0.507 e. The maximum Gasteiger partial charge on any atom is 0.130 e. The molecule has 1 aromatic carbocycles. The Hall–Kier alpha value is -2.01. The van der Waals surface area contributed by atoms with Gasteiger partial charge in [0.15, 0.2) is 0 Å². The lowest BCUT2D eigenvalue weighted by molar-refractivity contribution is 0.472. The molecular formula is C18H22BrN3O. The van der Waals surface area contributed by atoms with E-state index in [-0.39, 0.29) is 5.75 Å². The molecule has 0 atom stereocenters. The van der Waals surface area contributed by atoms with Gasteiger partial charge < -0.3 is 15.3 Å². The van der Waals surface area contributed by atoms with Gasteiger partial charge in [0, 0.05) is 25.2 Å². The van der Waals surface area contributed by atoms with Crippen molar-refractivity contribution >= 4 is 27.5 Å². The first-order valence-corrected chi connectivity index (χ1v) is 8.45. The number of amidine groups is 1. The van der Waals surface area contributed by atoms with E-state index in [0.717, 1.165) is 46.8 Å². The Morgan fingerprint density at radius 3 is 2.83 bits per heavy atom. The van der Waals surface area contributed by atoms with E-state index in [1.807, 2.05) is 30.2 Å². The van der Waals surface area contributed by atoms with Crippen LogP contribution in [0.25, 0.3) is 5.70 Å². The standard InChI is InChI=1S/C18H22BrN3O/c1-4-6-11-20-17-12-15(13-9-7-8-10-16(13)23)21-18(22(17)3)14(19)5-2/h5,7-10,12,21,23H,2,4,6,11H2,1,3H3/b18-14+,20-17?. The van der Waals surface area contributed by atoms with Crippen molar-refractivity contribution in [3.8, 4) is 5.75 Å². The summed E-state index contributed by atoms with van der Waals surface area (Å²) in [5.41, 5.74) is 1.55. The van der Waals surface area contributed by atoms with Crippen molar-refractivity contribution < 1.29 is 5.11 Å². The highest BCUT2D eigenvalue weighted by atomic mass is 79.9. The van der Waals surface area contributed by atoms with Crippen molar-refractivity contribution in [2.75, 3.05) is 13.6 Å². The van der Waals surface area contributed by atoms with Crippen LogP contribution in [0.3, 0.4) is 0 Å². The fourth-order valence-corrected chi connectivity index (χ4v) is 2.62. The number of rotatable bonds is 5. The monoisotopic (exact) mass is 375 g/mol. The van der Waals surface area contributed by atoms with E-state index < -0.39 is 0 Å². The average molecular weight is 376 g/mol. The number of para-hydroxylation sites is 1. The van der Waals surface area contributed by atoms with Crippen molar-refractivity contribution in [1.82, 2.24) is 10.2 Å². The predicted molar refractivity (Wildman–Crippen MR) is 100 cm³/mol. The SMILES string of the molecule is C=C/C(Br)=C1/NC(c2ccccc2O)=CC(=NCCCC)N1C. The highest BCUT2D eigenvalue weighted by Crippen LogP contribution is 2.28. The van der Waals surface area contributed by atoms with Crippen LogP contribution in [0.1, 0.15) is 25.3 Å². The number of aliphatic imine (C=N–C) groups is 1. The molecule has 0 saturated heterocycles. The molecule has 2 rings (SSSR count). The van der Waals surface area contributed by atoms with Gasteiger partial charge in [-0.15, -0.1) is 0 Å². The zero-order valence-corrected chi connectivity index (χ0v) is 15.1. The molecule has 1 aliphatic heterocycles. The Balaban J connectivity index is 2.48. The van der Waals surface area contributed by atoms with Gasteiger partial charge in [0.25, 0.3) is 0 Å². The normalized spacial score (nSPS) is 18.5. The van der Waals surface area contributed by atoms with Gasteiger partial charge >= 0.3 is 0 Å². The molecule has 1 aliphatic rings. The lowest BCUT2D eigenvalue weighted by atomic mass is 10.1. The molecule has 1 aromatic rings. The van der Waals surface area contributed by atoms with Crippen LogP contribution in [0.5, 0.6) is 5.75 Å². The number of aromatic hydroxyl groups is 1. The quantitative estimate of drug-likeness (QED) is 0.757. The summed E-state index contributed by atoms with van der Waals surface area (Å²) in [4.78, 5) is 6.66. The number of halogens is 1. The summed E-state index contributed by atoms with van der Waals surface area (Å²) in [7, 11) is 1.95. The number of benzene rings is 1. The van der Waals surface area contributed by atoms with E-state index in [1.165, 1.54) is 0 Å². The van der Waals surface area contributed by atoms with Gasteiger partial charge in [-0.05, 0) is 34.5 Å². The zero-order valence-electron chi connectivity index (χ0n) is 13.5. The number of hydrogen-bond donors (Lipinski definition) is 2. The van der Waals surface area contributed by atoms with E-state index in [9.17, 15) is 5.11 Å². The third-order valence-electron chi connectivity index (χ3n) is 3.59. The average Bonchev–Trinajstić information content (AvgIpc) is 2.56. The Bertz CT molecular complexity index is 677. The molecule has 0 aliphatic carbocycles. The summed E-state index contributed by atoms with van der Waals surface area (Å²) < 4.78 is 0.837. The van der Waals surface area contributed by atoms with Crippen LogP contribution < -0.4 is 5.32 Å². The first-order valence-electron chi connectivity index (χ1n) is 7.66. The maximum atomic E-state index is 10.1. The molecule has 122 valence electrons. The topological polar surface area (TPSA) is 47.9 Å². The second-order valence-corrected chi connectivity index (χ2v) is 6.11. The number of phenols is 1. The summed E-state index contributed by atoms with van der Waals surface area (Å²) in [6.07, 6.45) is 5.84. The highest BCUT2D eigenvalue weighted by molar-refractivity contribution is 9.11. The summed E-state index contributed by atoms with van der Waals surface area (Å²) in [5.74, 6) is 1.93. The lowest BCUT2D eigenvalue weighted by Crippen LogP contribution is -2.37. The molecule has 0 saturated carbocycles. The zero-order chi connectivity index (χ0) is 16.8. The minimum absolute atomic E-state index is 0.234. The van der Waals surface area contributed by atoms with Gasteiger partial charge in [0.05, 0.1) is 10.2 Å². The van der Waals surface area contributed by atoms with E-state index in [2.05, 4.69) is 39.7 Å². The minimum Gasteiger partial charge on any atom is -0.507 e. The fourth-order valence-electron chi connectivity index (χ4n) is 2.25. The van der Waals surface area contributed by atoms with E-state index in [4.69, 9.17) is 0 Å². The number of likely N-dealkylation sites (N-methyl/N-ethyl adjacent to an activating group) is 1. The number of unbranched alkanes of at least 4 members (excludes halogenated alkanes) is 1. The molecule has 23 heavy (non-hydrogen) atoms. The summed E-state index contributed by atoms with van der Waals surface area (Å²) in [5, 5.41) is 13.5. The van der Waals surface area contributed by atoms with Gasteiger partial charge in [-0.3, -0.25) is 4.99 Å². The van der Waals surface area contributed by atoms with Crippen molar-refractivity contribution in [2.45, 2.75) is 19.8 Å². The van der Waals surface area contributed by atoms with Gasteiger partial charge in [-0.25, -0.2) is 0 Å². The minimum atomic E-state index is 0.234. The molecule has 5 heteroatoms. The molecule has 1 heterocycles. The highest BCUT2D eigenvalue weighted by Gasteiger charge is 2.22. The first-order chi connectivity index (χ1) is 11.1. The fraction of sp³-hybridized carbons (Fsp3) is 0.278. The van der Waals surface area contributed by atoms with Crippen molar-refractivity contribution in [1.29, 1.82) is 0 Å². The van der Waals surface area contributed by atoms with Crippen LogP contribution in [0.15, 0.2) is 58.3 Å². The van der Waals surface area contributed by atoms with Crippen LogP contribution in [0.4, 0.5) is 0 Å². The Morgan fingerprint density at radius 1 is 1.43 bits per heavy atom. The Kier molecular flexibility index (Phi) is 6.04. The maximum absolute atomic E-state index is 10.1. The van der Waals surface area contributed by atoms with E-state index >= 15 is 0 Å². The molecule has 2 N–H and O–H groups in total. The number of hydrogen-bond acceptors (Lipinski definition) is 3. The van der Waals surface area contributed by atoms with Crippen molar-refractivity contribution in [2.24, 2.45) is 4.99 Å². The van der Waals surface area contributed by atoms with Gasteiger partial charge in [0.1, 0.15) is 17.4 Å². The molecule has 4 nitrogen and oxygen atoms in total. The first kappa shape index (κ1) is 17.3. The molecule has 0 aromatic heterocycles. The van der Waals surface area contributed by atoms with Gasteiger partial charge in [0.2, 0.25) is 0 Å². The third kappa shape index (κ3) is 4.05. The molecule has 0 fully saturated rings. The molecule has 0 radical (unpaired) electrons. The summed E-state index contributed by atoms with van der Waals surface area (Å²) in [6.45, 7) is 6.73. The van der Waals surface area contributed by atoms with Crippen molar-refractivity contribution in [3.05, 3.63) is 58.9 Å². The van der Waals surface area contributed by atoms with Gasteiger partial charge in [-0.1, -0.05) is 38.1 Å². The lowest BCUT2D eigenvalue weighted by Gasteiger charge is -2.31. The van der Waals surface area contributed by atoms with E-state index in [1.54, 1.807) is 18.2 Å². The van der Waals surface area contributed by atoms with Crippen LogP contribution in [0.2, 0.25) is 0 Å². The van der Waals surface area contributed by atoms with Crippen LogP contribution in [-0.2, 0) is 0 Å². The third-order valence-corrected chi connectivity index (χ3v) is 4.29. The molecular weight excluding hydrogens is 354 g/mol. The number of nitrogens with one attached hydrogen (secondary N) is 1. The number of nitrogens with zero attached hydrogens (tertiary/aromatic N) is 2. The van der Waals surface area contributed by atoms with E-state index in [0.29, 0.717) is 0 Å². The summed E-state index contributed by atoms with van der Waals surface area (Å²) >= 11 is 3.52. The van der Waals surface area contributed by atoms with Crippen LogP contribution in [-0.4, -0.2) is 29.4 Å². The summed E-state index contributed by atoms with van der Waals surface area (Å²) in [6, 6.07) is 7.26. The number of phenolic OH excluding ortho intramolecular Hbond substituents is 1. The van der Waals surface area contributed by atoms with Crippen LogP contribution >= 0.6 is 15.9 Å². The van der Waals surface area contributed by atoms with Crippen LogP contribution in [0, 0.1) is 0 Å². The second kappa shape index (κ2) is 8.02. The van der Waals surface area contributed by atoms with Crippen molar-refractivity contribution in [3.63, 3.8) is 0 Å². The number of allylic oxidation sites excluding steroid dienone is 2. The molecule has 0 amide bonds. The second-order valence-electron chi connectivity index (χ2n) is 5.25. The Labute approximate surface area is 146 Å².